The van der Waals surface area contributed by atoms with E-state index in [1.54, 1.807) is 7.11 Å². The Balaban J connectivity index is 2.84. The minimum absolute atomic E-state index is 0.0677. The van der Waals surface area contributed by atoms with Gasteiger partial charge in [0.05, 0.1) is 13.2 Å². The van der Waals surface area contributed by atoms with E-state index >= 15 is 0 Å². The van der Waals surface area contributed by atoms with Gasteiger partial charge in [-0.25, -0.2) is 0 Å². The molecule has 0 saturated heterocycles. The van der Waals surface area contributed by atoms with Crippen molar-refractivity contribution in [1.82, 2.24) is 5.32 Å². The molecule has 0 aliphatic heterocycles. The number of aryl methyl sites for hydroxylation is 2. The van der Waals surface area contributed by atoms with Gasteiger partial charge < -0.3 is 15.2 Å². The molecular formula is C15H23NO3. The molecule has 1 unspecified atom stereocenters. The van der Waals surface area contributed by atoms with Crippen molar-refractivity contribution in [1.29, 1.82) is 0 Å². The highest BCUT2D eigenvalue weighted by atomic mass is 16.5. The van der Waals surface area contributed by atoms with Gasteiger partial charge >= 0.3 is 0 Å². The maximum absolute atomic E-state index is 11.5. The number of carbonyl (C=O) groups is 1. The number of carbonyl (C=O) groups excluding carboxylic acids is 1. The summed E-state index contributed by atoms with van der Waals surface area (Å²) < 4.78 is 5.28. The summed E-state index contributed by atoms with van der Waals surface area (Å²) in [6, 6.07) is 3.80. The number of benzene rings is 1. The summed E-state index contributed by atoms with van der Waals surface area (Å²) in [5.74, 6) is 0.491. The molecule has 0 heterocycles. The maximum atomic E-state index is 11.5. The smallest absolute Gasteiger partial charge is 0.222 e. The highest BCUT2D eigenvalue weighted by Crippen LogP contribution is 2.28. The summed E-state index contributed by atoms with van der Waals surface area (Å²) >= 11 is 0. The number of methoxy groups -OCH3 is 1. The Bertz CT molecular complexity index is 455. The molecule has 1 rings (SSSR count). The number of nitrogens with one attached hydrogen (secondary N) is 1. The number of aliphatic hydroxyl groups is 1. The minimum atomic E-state index is -0.767. The fourth-order valence-corrected chi connectivity index (χ4v) is 1.76. The maximum Gasteiger partial charge on any atom is 0.222 e. The highest BCUT2D eigenvalue weighted by molar-refractivity contribution is 5.77. The van der Waals surface area contributed by atoms with E-state index in [9.17, 15) is 9.90 Å². The molecule has 0 aliphatic carbocycles. The molecule has 1 amide bonds. The first-order chi connectivity index (χ1) is 8.86. The average molecular weight is 265 g/mol. The molecule has 0 bridgehead atoms. The zero-order chi connectivity index (χ0) is 14.6. The van der Waals surface area contributed by atoms with Crippen molar-refractivity contribution >= 4 is 5.91 Å². The first kappa shape index (κ1) is 15.5. The molecule has 0 radical (unpaired) electrons. The van der Waals surface area contributed by atoms with Gasteiger partial charge in [-0.3, -0.25) is 4.79 Å². The third-order valence-corrected chi connectivity index (χ3v) is 3.20. The molecule has 106 valence electrons. The lowest BCUT2D eigenvalue weighted by atomic mass is 10.0. The molecule has 0 aliphatic rings. The van der Waals surface area contributed by atoms with Crippen LogP contribution >= 0.6 is 0 Å². The molecule has 4 nitrogen and oxygen atoms in total. The van der Waals surface area contributed by atoms with E-state index in [4.69, 9.17) is 4.74 Å². The van der Waals surface area contributed by atoms with Crippen LogP contribution in [0.3, 0.4) is 0 Å². The van der Waals surface area contributed by atoms with Crippen molar-refractivity contribution < 1.29 is 14.6 Å². The largest absolute Gasteiger partial charge is 0.496 e. The van der Waals surface area contributed by atoms with Gasteiger partial charge in [-0.05, 0) is 37.1 Å². The third kappa shape index (κ3) is 3.96. The molecule has 1 aromatic rings. The monoisotopic (exact) mass is 265 g/mol. The van der Waals surface area contributed by atoms with Gasteiger partial charge in [0.2, 0.25) is 5.91 Å². The van der Waals surface area contributed by atoms with E-state index in [0.29, 0.717) is 11.3 Å². The Morgan fingerprint density at radius 2 is 1.89 bits per heavy atom. The summed E-state index contributed by atoms with van der Waals surface area (Å²) in [7, 11) is 1.58. The van der Waals surface area contributed by atoms with E-state index in [0.717, 1.165) is 11.1 Å². The molecule has 0 spiro atoms. The van der Waals surface area contributed by atoms with Crippen molar-refractivity contribution in [2.45, 2.75) is 33.8 Å². The van der Waals surface area contributed by atoms with Crippen molar-refractivity contribution in [3.63, 3.8) is 0 Å². The van der Waals surface area contributed by atoms with Crippen molar-refractivity contribution in [2.75, 3.05) is 13.7 Å². The molecular weight excluding hydrogens is 242 g/mol. The number of hydrogen-bond donors (Lipinski definition) is 2. The van der Waals surface area contributed by atoms with E-state index in [2.05, 4.69) is 5.32 Å². The van der Waals surface area contributed by atoms with E-state index in [-0.39, 0.29) is 18.4 Å². The Morgan fingerprint density at radius 1 is 1.32 bits per heavy atom. The van der Waals surface area contributed by atoms with Crippen LogP contribution < -0.4 is 10.1 Å². The van der Waals surface area contributed by atoms with Crippen LogP contribution in [0, 0.1) is 19.8 Å². The first-order valence-corrected chi connectivity index (χ1v) is 6.47. The Labute approximate surface area is 114 Å². The highest BCUT2D eigenvalue weighted by Gasteiger charge is 2.16. The number of amides is 1. The number of rotatable bonds is 5. The topological polar surface area (TPSA) is 58.6 Å². The van der Waals surface area contributed by atoms with Gasteiger partial charge in [0.15, 0.2) is 0 Å². The summed E-state index contributed by atoms with van der Waals surface area (Å²) in [5.41, 5.74) is 2.90. The van der Waals surface area contributed by atoms with Crippen LogP contribution in [-0.4, -0.2) is 24.7 Å². The van der Waals surface area contributed by atoms with Crippen molar-refractivity contribution in [3.8, 4) is 5.75 Å². The summed E-state index contributed by atoms with van der Waals surface area (Å²) in [6.07, 6.45) is -0.767. The van der Waals surface area contributed by atoms with Gasteiger partial charge in [0.1, 0.15) is 5.75 Å². The Kier molecular flexibility index (Phi) is 5.36. The predicted molar refractivity (Wildman–Crippen MR) is 75.3 cm³/mol. The molecule has 2 N–H and O–H groups in total. The summed E-state index contributed by atoms with van der Waals surface area (Å²) in [5, 5.41) is 12.9. The van der Waals surface area contributed by atoms with E-state index < -0.39 is 6.10 Å². The van der Waals surface area contributed by atoms with E-state index in [1.807, 2.05) is 39.8 Å². The molecule has 1 aromatic carbocycles. The van der Waals surface area contributed by atoms with Crippen molar-refractivity contribution in [2.24, 2.45) is 5.92 Å². The van der Waals surface area contributed by atoms with Crippen LogP contribution in [0.5, 0.6) is 5.75 Å². The SMILES string of the molecule is COc1cc(C)c(C)cc1C(O)CNC(=O)C(C)C. The van der Waals surface area contributed by atoms with Crippen LogP contribution in [0.15, 0.2) is 12.1 Å². The number of aliphatic hydroxyl groups excluding tert-OH is 1. The zero-order valence-corrected chi connectivity index (χ0v) is 12.3. The van der Waals surface area contributed by atoms with Crippen LogP contribution in [0.1, 0.15) is 36.6 Å². The molecule has 4 heteroatoms. The average Bonchev–Trinajstić information content (AvgIpc) is 2.37. The number of hydrogen-bond acceptors (Lipinski definition) is 3. The van der Waals surface area contributed by atoms with E-state index in [1.165, 1.54) is 0 Å². The lowest BCUT2D eigenvalue weighted by Gasteiger charge is -2.18. The molecule has 1 atom stereocenters. The van der Waals surface area contributed by atoms with Crippen LogP contribution in [-0.2, 0) is 4.79 Å². The Hall–Kier alpha value is -1.55. The first-order valence-electron chi connectivity index (χ1n) is 6.47. The standard InChI is InChI=1S/C15H23NO3/c1-9(2)15(18)16-8-13(17)12-6-10(3)11(4)7-14(12)19-5/h6-7,9,13,17H,8H2,1-5H3,(H,16,18). The fourth-order valence-electron chi connectivity index (χ4n) is 1.76. The van der Waals surface area contributed by atoms with Crippen molar-refractivity contribution in [3.05, 3.63) is 28.8 Å². The molecule has 0 saturated carbocycles. The lowest BCUT2D eigenvalue weighted by molar-refractivity contribution is -0.124. The summed E-state index contributed by atoms with van der Waals surface area (Å²) in [6.45, 7) is 7.80. The predicted octanol–water partition coefficient (Wildman–Crippen LogP) is 2.12. The third-order valence-electron chi connectivity index (χ3n) is 3.20. The fraction of sp³-hybridized carbons (Fsp3) is 0.533. The Morgan fingerprint density at radius 3 is 2.42 bits per heavy atom. The lowest BCUT2D eigenvalue weighted by Crippen LogP contribution is -2.31. The number of ether oxygens (including phenoxy) is 1. The van der Waals surface area contributed by atoms with Gasteiger partial charge in [-0.2, -0.15) is 0 Å². The zero-order valence-electron chi connectivity index (χ0n) is 12.3. The second-order valence-corrected chi connectivity index (χ2v) is 5.09. The minimum Gasteiger partial charge on any atom is -0.496 e. The molecule has 0 aromatic heterocycles. The van der Waals surface area contributed by atoms with Gasteiger partial charge in [-0.15, -0.1) is 0 Å². The van der Waals surface area contributed by atoms with Crippen LogP contribution in [0.4, 0.5) is 0 Å². The van der Waals surface area contributed by atoms with Crippen LogP contribution in [0.2, 0.25) is 0 Å². The second-order valence-electron chi connectivity index (χ2n) is 5.09. The van der Waals surface area contributed by atoms with Gasteiger partial charge in [0.25, 0.3) is 0 Å². The second kappa shape index (κ2) is 6.57. The normalized spacial score (nSPS) is 12.4. The van der Waals surface area contributed by atoms with Crippen LogP contribution in [0.25, 0.3) is 0 Å². The van der Waals surface area contributed by atoms with Gasteiger partial charge in [-0.1, -0.05) is 13.8 Å². The quantitative estimate of drug-likeness (QED) is 0.857. The van der Waals surface area contributed by atoms with Gasteiger partial charge in [0, 0.05) is 18.0 Å². The molecule has 0 fully saturated rings. The molecule has 19 heavy (non-hydrogen) atoms. The summed E-state index contributed by atoms with van der Waals surface area (Å²) in [4.78, 5) is 11.5.